The van der Waals surface area contributed by atoms with Crippen LogP contribution >= 0.6 is 0 Å². The zero-order valence-corrected chi connectivity index (χ0v) is 12.8. The van der Waals surface area contributed by atoms with E-state index in [9.17, 15) is 4.79 Å². The van der Waals surface area contributed by atoms with Gasteiger partial charge in [-0.05, 0) is 30.3 Å². The van der Waals surface area contributed by atoms with Gasteiger partial charge in [0.2, 0.25) is 0 Å². The lowest BCUT2D eigenvalue weighted by Crippen LogP contribution is -2.07. The van der Waals surface area contributed by atoms with E-state index in [-0.39, 0.29) is 0 Å². The second-order valence-corrected chi connectivity index (χ2v) is 5.01. The zero-order valence-electron chi connectivity index (χ0n) is 12.8. The molecule has 0 aliphatic rings. The minimum atomic E-state index is 0.509. The molecule has 0 spiro atoms. The first-order valence-electron chi connectivity index (χ1n) is 7.36. The summed E-state index contributed by atoms with van der Waals surface area (Å²) in [5.41, 5.74) is 2.33. The van der Waals surface area contributed by atoms with Crippen LogP contribution < -0.4 is 9.47 Å². The van der Waals surface area contributed by atoms with Gasteiger partial charge in [-0.15, -0.1) is 0 Å². The minimum Gasteiger partial charge on any atom is -0.493 e. The van der Waals surface area contributed by atoms with Crippen molar-refractivity contribution >= 4 is 17.3 Å². The molecule has 0 aliphatic heterocycles. The molecule has 3 aromatic rings. The SMILES string of the molecule is COc1cc(C=O)ccc1OCCCn1nc2ccccc2n1. The summed E-state index contributed by atoms with van der Waals surface area (Å²) < 4.78 is 10.9. The first kappa shape index (κ1) is 15.0. The van der Waals surface area contributed by atoms with E-state index >= 15 is 0 Å². The molecule has 1 aromatic heterocycles. The highest BCUT2D eigenvalue weighted by Crippen LogP contribution is 2.27. The first-order valence-corrected chi connectivity index (χ1v) is 7.36. The summed E-state index contributed by atoms with van der Waals surface area (Å²) in [4.78, 5) is 12.4. The lowest BCUT2D eigenvalue weighted by atomic mass is 10.2. The number of rotatable bonds is 7. The van der Waals surface area contributed by atoms with Gasteiger partial charge in [0.05, 0.1) is 20.3 Å². The maximum Gasteiger partial charge on any atom is 0.161 e. The molecule has 0 fully saturated rings. The Bertz CT molecular complexity index is 781. The number of hydrogen-bond acceptors (Lipinski definition) is 5. The van der Waals surface area contributed by atoms with E-state index in [0.29, 0.717) is 30.2 Å². The molecular weight excluding hydrogens is 294 g/mol. The molecule has 0 atom stereocenters. The highest BCUT2D eigenvalue weighted by molar-refractivity contribution is 5.76. The largest absolute Gasteiger partial charge is 0.493 e. The molecule has 1 heterocycles. The summed E-state index contributed by atoms with van der Waals surface area (Å²) in [6.07, 6.45) is 1.54. The second-order valence-electron chi connectivity index (χ2n) is 5.01. The monoisotopic (exact) mass is 311 g/mol. The topological polar surface area (TPSA) is 66.2 Å². The Morgan fingerprint density at radius 1 is 1.09 bits per heavy atom. The predicted molar refractivity (Wildman–Crippen MR) is 86.0 cm³/mol. The number of aryl methyl sites for hydroxylation is 1. The van der Waals surface area contributed by atoms with E-state index < -0.39 is 0 Å². The normalized spacial score (nSPS) is 10.7. The van der Waals surface area contributed by atoms with Crippen LogP contribution in [0.4, 0.5) is 0 Å². The van der Waals surface area contributed by atoms with Crippen molar-refractivity contribution in [1.82, 2.24) is 15.0 Å². The fourth-order valence-electron chi connectivity index (χ4n) is 2.27. The summed E-state index contributed by atoms with van der Waals surface area (Å²) in [7, 11) is 1.55. The Balaban J connectivity index is 1.56. The van der Waals surface area contributed by atoms with Gasteiger partial charge >= 0.3 is 0 Å². The number of carbonyl (C=O) groups excluding carboxylic acids is 1. The number of benzene rings is 2. The zero-order chi connectivity index (χ0) is 16.1. The Morgan fingerprint density at radius 3 is 2.48 bits per heavy atom. The third-order valence-corrected chi connectivity index (χ3v) is 3.41. The van der Waals surface area contributed by atoms with Gasteiger partial charge in [0.1, 0.15) is 17.3 Å². The Hall–Kier alpha value is -2.89. The van der Waals surface area contributed by atoms with Gasteiger partial charge < -0.3 is 9.47 Å². The average Bonchev–Trinajstić information content (AvgIpc) is 3.01. The van der Waals surface area contributed by atoms with E-state index in [0.717, 1.165) is 23.7 Å². The van der Waals surface area contributed by atoms with Gasteiger partial charge in [0, 0.05) is 12.0 Å². The molecule has 23 heavy (non-hydrogen) atoms. The maximum absolute atomic E-state index is 10.8. The molecule has 3 rings (SSSR count). The third-order valence-electron chi connectivity index (χ3n) is 3.41. The number of aromatic nitrogens is 3. The van der Waals surface area contributed by atoms with Crippen molar-refractivity contribution < 1.29 is 14.3 Å². The summed E-state index contributed by atoms with van der Waals surface area (Å²) in [6.45, 7) is 1.18. The number of nitrogens with zero attached hydrogens (tertiary/aromatic N) is 3. The van der Waals surface area contributed by atoms with Crippen molar-refractivity contribution in [3.05, 3.63) is 48.0 Å². The number of methoxy groups -OCH3 is 1. The number of hydrogen-bond donors (Lipinski definition) is 0. The van der Waals surface area contributed by atoms with Crippen molar-refractivity contribution in [2.24, 2.45) is 0 Å². The fourth-order valence-corrected chi connectivity index (χ4v) is 2.27. The van der Waals surface area contributed by atoms with Crippen LogP contribution in [-0.2, 0) is 6.54 Å². The van der Waals surface area contributed by atoms with Crippen LogP contribution in [0.2, 0.25) is 0 Å². The van der Waals surface area contributed by atoms with E-state index in [4.69, 9.17) is 9.47 Å². The Morgan fingerprint density at radius 2 is 1.83 bits per heavy atom. The van der Waals surface area contributed by atoms with Gasteiger partial charge in [-0.1, -0.05) is 12.1 Å². The molecule has 0 amide bonds. The number of aldehydes is 1. The molecule has 118 valence electrons. The van der Waals surface area contributed by atoms with Crippen LogP contribution in [0.3, 0.4) is 0 Å². The number of ether oxygens (including phenoxy) is 2. The van der Waals surface area contributed by atoms with E-state index in [2.05, 4.69) is 10.2 Å². The van der Waals surface area contributed by atoms with Gasteiger partial charge in [0.25, 0.3) is 0 Å². The van der Waals surface area contributed by atoms with Crippen LogP contribution in [0, 0.1) is 0 Å². The second kappa shape index (κ2) is 6.91. The van der Waals surface area contributed by atoms with Crippen LogP contribution in [0.25, 0.3) is 11.0 Å². The van der Waals surface area contributed by atoms with Gasteiger partial charge in [-0.3, -0.25) is 4.79 Å². The van der Waals surface area contributed by atoms with E-state index in [1.165, 1.54) is 0 Å². The van der Waals surface area contributed by atoms with Crippen LogP contribution in [0.1, 0.15) is 16.8 Å². The summed E-state index contributed by atoms with van der Waals surface area (Å²) in [5, 5.41) is 8.80. The van der Waals surface area contributed by atoms with Crippen LogP contribution in [0.5, 0.6) is 11.5 Å². The molecule has 0 unspecified atom stereocenters. The lowest BCUT2D eigenvalue weighted by molar-refractivity contribution is 0.112. The predicted octanol–water partition coefficient (Wildman–Crippen LogP) is 2.72. The van der Waals surface area contributed by atoms with Crippen LogP contribution in [0.15, 0.2) is 42.5 Å². The summed E-state index contributed by atoms with van der Waals surface area (Å²) in [5.74, 6) is 1.18. The smallest absolute Gasteiger partial charge is 0.161 e. The lowest BCUT2D eigenvalue weighted by Gasteiger charge is -2.10. The van der Waals surface area contributed by atoms with Gasteiger partial charge in [-0.2, -0.15) is 15.0 Å². The van der Waals surface area contributed by atoms with Crippen molar-refractivity contribution in [3.8, 4) is 11.5 Å². The molecule has 0 aliphatic carbocycles. The highest BCUT2D eigenvalue weighted by atomic mass is 16.5. The average molecular weight is 311 g/mol. The standard InChI is InChI=1S/C17H17N3O3/c1-22-17-11-13(12-21)7-8-16(17)23-10-4-9-20-18-14-5-2-3-6-15(14)19-20/h2-3,5-8,11-12H,4,9-10H2,1H3. The molecule has 0 radical (unpaired) electrons. The summed E-state index contributed by atoms with van der Waals surface area (Å²) >= 11 is 0. The van der Waals surface area contributed by atoms with Gasteiger partial charge in [-0.25, -0.2) is 0 Å². The number of fused-ring (bicyclic) bond motifs is 1. The summed E-state index contributed by atoms with van der Waals surface area (Å²) in [6, 6.07) is 12.9. The molecule has 0 saturated carbocycles. The maximum atomic E-state index is 10.8. The minimum absolute atomic E-state index is 0.509. The van der Waals surface area contributed by atoms with E-state index in [1.54, 1.807) is 30.1 Å². The molecule has 0 saturated heterocycles. The Kier molecular flexibility index (Phi) is 4.52. The molecule has 6 heteroatoms. The Labute approximate surface area is 133 Å². The van der Waals surface area contributed by atoms with Crippen molar-refractivity contribution in [3.63, 3.8) is 0 Å². The fraction of sp³-hybridized carbons (Fsp3) is 0.235. The highest BCUT2D eigenvalue weighted by Gasteiger charge is 2.06. The molecule has 0 N–H and O–H groups in total. The van der Waals surface area contributed by atoms with Crippen molar-refractivity contribution in [2.75, 3.05) is 13.7 Å². The number of carbonyl (C=O) groups is 1. The van der Waals surface area contributed by atoms with Crippen molar-refractivity contribution in [1.29, 1.82) is 0 Å². The third kappa shape index (κ3) is 3.48. The molecular formula is C17H17N3O3. The quantitative estimate of drug-likeness (QED) is 0.496. The van der Waals surface area contributed by atoms with Gasteiger partial charge in [0.15, 0.2) is 11.5 Å². The van der Waals surface area contributed by atoms with E-state index in [1.807, 2.05) is 24.3 Å². The first-order chi connectivity index (χ1) is 11.3. The molecule has 0 bridgehead atoms. The molecule has 6 nitrogen and oxygen atoms in total. The van der Waals surface area contributed by atoms with Crippen molar-refractivity contribution in [2.45, 2.75) is 13.0 Å². The van der Waals surface area contributed by atoms with Crippen LogP contribution in [-0.4, -0.2) is 35.0 Å². The molecule has 2 aromatic carbocycles.